The molecule has 5 nitrogen and oxygen atoms in total. The highest BCUT2D eigenvalue weighted by Crippen LogP contribution is 2.18. The van der Waals surface area contributed by atoms with Crippen LogP contribution in [0, 0.1) is 0 Å². The standard InChI is InChI=1S/C18H18N2O3/c1-3-12-23-17-11-7-5-9-15(17)18(22)20-19-13(2)14-8-4-6-10-16(14)21/h3-11,21H,1,12H2,2H3,(H,20,22)/b19-13+. The average molecular weight is 310 g/mol. The maximum absolute atomic E-state index is 12.3. The monoisotopic (exact) mass is 310 g/mol. The molecule has 0 fully saturated rings. The maximum Gasteiger partial charge on any atom is 0.275 e. The van der Waals surface area contributed by atoms with Crippen molar-refractivity contribution in [2.75, 3.05) is 6.61 Å². The SMILES string of the molecule is C=CCOc1ccccc1C(=O)N/N=C(\C)c1ccccc1O. The van der Waals surface area contributed by atoms with Crippen LogP contribution in [0.4, 0.5) is 0 Å². The van der Waals surface area contributed by atoms with Crippen molar-refractivity contribution in [3.05, 3.63) is 72.3 Å². The van der Waals surface area contributed by atoms with Gasteiger partial charge >= 0.3 is 0 Å². The number of amides is 1. The predicted molar refractivity (Wildman–Crippen MR) is 89.9 cm³/mol. The molecule has 0 bridgehead atoms. The third-order valence-corrected chi connectivity index (χ3v) is 3.11. The van der Waals surface area contributed by atoms with E-state index in [1.54, 1.807) is 61.5 Å². The Kier molecular flexibility index (Phi) is 5.52. The average Bonchev–Trinajstić information content (AvgIpc) is 2.58. The van der Waals surface area contributed by atoms with Gasteiger partial charge in [0.2, 0.25) is 0 Å². The summed E-state index contributed by atoms with van der Waals surface area (Å²) in [5.41, 5.74) is 3.91. The molecule has 0 atom stereocenters. The number of benzene rings is 2. The summed E-state index contributed by atoms with van der Waals surface area (Å²) in [5.74, 6) is 0.178. The van der Waals surface area contributed by atoms with Crippen molar-refractivity contribution in [1.29, 1.82) is 0 Å². The molecular weight excluding hydrogens is 292 g/mol. The van der Waals surface area contributed by atoms with Gasteiger partial charge in [0.1, 0.15) is 18.1 Å². The van der Waals surface area contributed by atoms with Crippen LogP contribution in [0.5, 0.6) is 11.5 Å². The van der Waals surface area contributed by atoms with E-state index in [9.17, 15) is 9.90 Å². The van der Waals surface area contributed by atoms with Gasteiger partial charge in [0.05, 0.1) is 11.3 Å². The molecule has 2 aromatic carbocycles. The van der Waals surface area contributed by atoms with E-state index in [2.05, 4.69) is 17.1 Å². The summed E-state index contributed by atoms with van der Waals surface area (Å²) in [6, 6.07) is 13.7. The van der Waals surface area contributed by atoms with Crippen molar-refractivity contribution in [2.45, 2.75) is 6.92 Å². The zero-order valence-corrected chi connectivity index (χ0v) is 12.8. The second-order valence-corrected chi connectivity index (χ2v) is 4.75. The van der Waals surface area contributed by atoms with E-state index >= 15 is 0 Å². The van der Waals surface area contributed by atoms with E-state index in [1.165, 1.54) is 0 Å². The van der Waals surface area contributed by atoms with E-state index in [4.69, 9.17) is 4.74 Å². The molecule has 23 heavy (non-hydrogen) atoms. The Labute approximate surface area is 134 Å². The molecule has 0 aliphatic rings. The lowest BCUT2D eigenvalue weighted by Crippen LogP contribution is -2.20. The fourth-order valence-electron chi connectivity index (χ4n) is 1.96. The lowest BCUT2D eigenvalue weighted by atomic mass is 10.1. The number of phenols is 1. The fourth-order valence-corrected chi connectivity index (χ4v) is 1.96. The molecule has 2 N–H and O–H groups in total. The number of phenolic OH excluding ortho intramolecular Hbond substituents is 1. The zero-order chi connectivity index (χ0) is 16.7. The Morgan fingerprint density at radius 2 is 1.87 bits per heavy atom. The highest BCUT2D eigenvalue weighted by atomic mass is 16.5. The minimum Gasteiger partial charge on any atom is -0.507 e. The number of para-hydroxylation sites is 2. The fraction of sp³-hybridized carbons (Fsp3) is 0.111. The molecule has 0 saturated carbocycles. The second kappa shape index (κ2) is 7.79. The molecule has 0 aliphatic heterocycles. The molecule has 2 aromatic rings. The van der Waals surface area contributed by atoms with E-state index in [0.29, 0.717) is 29.2 Å². The number of hydrogen-bond acceptors (Lipinski definition) is 4. The van der Waals surface area contributed by atoms with E-state index in [1.807, 2.05) is 0 Å². The Morgan fingerprint density at radius 3 is 2.57 bits per heavy atom. The van der Waals surface area contributed by atoms with Gasteiger partial charge in [0, 0.05) is 5.56 Å². The third kappa shape index (κ3) is 4.20. The summed E-state index contributed by atoms with van der Waals surface area (Å²) in [6.45, 7) is 5.59. The number of carbonyl (C=O) groups is 1. The first-order valence-electron chi connectivity index (χ1n) is 7.09. The molecule has 118 valence electrons. The van der Waals surface area contributed by atoms with E-state index < -0.39 is 0 Å². The molecular formula is C18H18N2O3. The summed E-state index contributed by atoms with van der Waals surface area (Å²) >= 11 is 0. The first-order valence-corrected chi connectivity index (χ1v) is 7.09. The first kappa shape index (κ1) is 16.3. The van der Waals surface area contributed by atoms with Crippen LogP contribution >= 0.6 is 0 Å². The topological polar surface area (TPSA) is 70.9 Å². The van der Waals surface area contributed by atoms with Crippen molar-refractivity contribution in [3.8, 4) is 11.5 Å². The number of carbonyl (C=O) groups excluding carboxylic acids is 1. The number of nitrogens with one attached hydrogen (secondary N) is 1. The Bertz CT molecular complexity index is 739. The van der Waals surface area contributed by atoms with Crippen LogP contribution < -0.4 is 10.2 Å². The zero-order valence-electron chi connectivity index (χ0n) is 12.8. The van der Waals surface area contributed by atoms with Crippen LogP contribution in [0.1, 0.15) is 22.8 Å². The Balaban J connectivity index is 2.15. The molecule has 0 radical (unpaired) electrons. The van der Waals surface area contributed by atoms with Gasteiger partial charge in [-0.15, -0.1) is 0 Å². The van der Waals surface area contributed by atoms with Crippen LogP contribution in [0.25, 0.3) is 0 Å². The number of rotatable bonds is 6. The first-order chi connectivity index (χ1) is 11.1. The molecule has 5 heteroatoms. The quantitative estimate of drug-likeness (QED) is 0.489. The molecule has 2 rings (SSSR count). The van der Waals surface area contributed by atoms with Crippen LogP contribution in [0.3, 0.4) is 0 Å². The van der Waals surface area contributed by atoms with Gasteiger partial charge < -0.3 is 9.84 Å². The van der Waals surface area contributed by atoms with Crippen LogP contribution in [-0.2, 0) is 0 Å². The molecule has 0 saturated heterocycles. The summed E-state index contributed by atoms with van der Waals surface area (Å²) in [4.78, 5) is 12.3. The van der Waals surface area contributed by atoms with E-state index in [-0.39, 0.29) is 11.7 Å². The number of nitrogens with zero attached hydrogens (tertiary/aromatic N) is 1. The number of ether oxygens (including phenoxy) is 1. The molecule has 0 aliphatic carbocycles. The molecule has 0 unspecified atom stereocenters. The third-order valence-electron chi connectivity index (χ3n) is 3.11. The maximum atomic E-state index is 12.3. The molecule has 0 heterocycles. The van der Waals surface area contributed by atoms with Gasteiger partial charge in [-0.05, 0) is 31.2 Å². The Hall–Kier alpha value is -3.08. The van der Waals surface area contributed by atoms with Crippen LogP contribution in [0.2, 0.25) is 0 Å². The smallest absolute Gasteiger partial charge is 0.275 e. The molecule has 0 spiro atoms. The normalized spacial score (nSPS) is 10.9. The van der Waals surface area contributed by atoms with Gasteiger partial charge in [-0.25, -0.2) is 5.43 Å². The minimum absolute atomic E-state index is 0.109. The van der Waals surface area contributed by atoms with Crippen molar-refractivity contribution in [1.82, 2.24) is 5.43 Å². The van der Waals surface area contributed by atoms with Gasteiger partial charge in [-0.1, -0.05) is 36.9 Å². The van der Waals surface area contributed by atoms with Crippen molar-refractivity contribution in [2.24, 2.45) is 5.10 Å². The lowest BCUT2D eigenvalue weighted by Gasteiger charge is -2.09. The van der Waals surface area contributed by atoms with Gasteiger partial charge in [-0.3, -0.25) is 4.79 Å². The van der Waals surface area contributed by atoms with Gasteiger partial charge in [-0.2, -0.15) is 5.10 Å². The Morgan fingerprint density at radius 1 is 1.22 bits per heavy atom. The summed E-state index contributed by atoms with van der Waals surface area (Å²) in [5, 5.41) is 13.8. The van der Waals surface area contributed by atoms with Gasteiger partial charge in [0.15, 0.2) is 0 Å². The van der Waals surface area contributed by atoms with Crippen molar-refractivity contribution < 1.29 is 14.6 Å². The highest BCUT2D eigenvalue weighted by molar-refractivity contribution is 6.03. The number of hydrazone groups is 1. The predicted octanol–water partition coefficient (Wildman–Crippen LogP) is 3.11. The summed E-state index contributed by atoms with van der Waals surface area (Å²) < 4.78 is 5.45. The summed E-state index contributed by atoms with van der Waals surface area (Å²) in [7, 11) is 0. The minimum atomic E-state index is -0.389. The molecule has 0 aromatic heterocycles. The van der Waals surface area contributed by atoms with Crippen LogP contribution in [-0.4, -0.2) is 23.3 Å². The highest BCUT2D eigenvalue weighted by Gasteiger charge is 2.12. The van der Waals surface area contributed by atoms with Gasteiger partial charge in [0.25, 0.3) is 5.91 Å². The second-order valence-electron chi connectivity index (χ2n) is 4.75. The summed E-state index contributed by atoms with van der Waals surface area (Å²) in [6.07, 6.45) is 1.61. The van der Waals surface area contributed by atoms with Crippen molar-refractivity contribution in [3.63, 3.8) is 0 Å². The number of aromatic hydroxyl groups is 1. The van der Waals surface area contributed by atoms with E-state index in [0.717, 1.165) is 0 Å². The largest absolute Gasteiger partial charge is 0.507 e. The lowest BCUT2D eigenvalue weighted by molar-refractivity contribution is 0.0951. The van der Waals surface area contributed by atoms with Crippen LogP contribution in [0.15, 0.2) is 66.3 Å². The molecule has 1 amide bonds. The number of hydrogen-bond donors (Lipinski definition) is 2. The van der Waals surface area contributed by atoms with Crippen molar-refractivity contribution >= 4 is 11.6 Å².